The number of rotatable bonds is 2. The van der Waals surface area contributed by atoms with Crippen LogP contribution in [-0.4, -0.2) is 35.7 Å². The number of hydrogen-bond donors (Lipinski definition) is 0. The van der Waals surface area contributed by atoms with Crippen molar-refractivity contribution in [2.75, 3.05) is 13.1 Å². The summed E-state index contributed by atoms with van der Waals surface area (Å²) < 4.78 is 0. The van der Waals surface area contributed by atoms with Crippen LogP contribution in [0.4, 0.5) is 0 Å². The van der Waals surface area contributed by atoms with Crippen LogP contribution in [-0.2, 0) is 4.84 Å². The van der Waals surface area contributed by atoms with E-state index >= 15 is 0 Å². The van der Waals surface area contributed by atoms with Gasteiger partial charge in [-0.25, -0.2) is 0 Å². The molecule has 0 aromatic heterocycles. The van der Waals surface area contributed by atoms with Crippen LogP contribution in [0.5, 0.6) is 0 Å². The number of nitrogens with zero attached hydrogens (tertiary/aromatic N) is 2. The molecule has 1 fully saturated rings. The second kappa shape index (κ2) is 5.78. The molecule has 1 amide bonds. The van der Waals surface area contributed by atoms with Gasteiger partial charge in [0.25, 0.3) is 5.91 Å². The normalized spacial score (nSPS) is 22.1. The van der Waals surface area contributed by atoms with Gasteiger partial charge >= 0.3 is 0 Å². The maximum Gasteiger partial charge on any atom is 0.254 e. The van der Waals surface area contributed by atoms with Gasteiger partial charge in [-0.15, -0.1) is 0 Å². The number of likely N-dealkylation sites (tertiary alicyclic amines) is 1. The number of hydrogen-bond acceptors (Lipinski definition) is 3. The SMILES string of the molecule is Cc1cccc(C(=O)N2CC3ON=C(c4ccccc4C)C3C2)c1. The first-order valence-electron chi connectivity index (χ1n) is 8.29. The molecule has 0 radical (unpaired) electrons. The van der Waals surface area contributed by atoms with Crippen molar-refractivity contribution in [3.63, 3.8) is 0 Å². The number of fused-ring (bicyclic) bond motifs is 1. The summed E-state index contributed by atoms with van der Waals surface area (Å²) in [6, 6.07) is 15.9. The molecule has 0 spiro atoms. The quantitative estimate of drug-likeness (QED) is 0.853. The van der Waals surface area contributed by atoms with Crippen LogP contribution in [0.25, 0.3) is 0 Å². The zero-order valence-electron chi connectivity index (χ0n) is 13.9. The van der Waals surface area contributed by atoms with Crippen LogP contribution in [0, 0.1) is 19.8 Å². The zero-order chi connectivity index (χ0) is 16.7. The number of carbonyl (C=O) groups is 1. The number of benzene rings is 2. The molecule has 4 nitrogen and oxygen atoms in total. The Kier molecular flexibility index (Phi) is 3.60. The van der Waals surface area contributed by atoms with Crippen LogP contribution >= 0.6 is 0 Å². The highest BCUT2D eigenvalue weighted by molar-refractivity contribution is 6.05. The minimum absolute atomic E-state index is 0.0339. The summed E-state index contributed by atoms with van der Waals surface area (Å²) in [7, 11) is 0. The number of aryl methyl sites for hydroxylation is 2. The van der Waals surface area contributed by atoms with E-state index in [9.17, 15) is 4.79 Å². The number of carbonyl (C=O) groups excluding carboxylic acids is 1. The molecule has 2 aliphatic heterocycles. The molecule has 0 aliphatic carbocycles. The van der Waals surface area contributed by atoms with Crippen molar-refractivity contribution in [2.24, 2.45) is 11.1 Å². The predicted octanol–water partition coefficient (Wildman–Crippen LogP) is 3.18. The Morgan fingerprint density at radius 2 is 1.96 bits per heavy atom. The van der Waals surface area contributed by atoms with Gasteiger partial charge in [-0.1, -0.05) is 47.1 Å². The summed E-state index contributed by atoms with van der Waals surface area (Å²) in [5, 5.41) is 4.31. The van der Waals surface area contributed by atoms with Gasteiger partial charge in [0.1, 0.15) is 0 Å². The van der Waals surface area contributed by atoms with E-state index in [1.54, 1.807) is 0 Å². The third-order valence-electron chi connectivity index (χ3n) is 4.88. The molecule has 4 heteroatoms. The molecular weight excluding hydrogens is 300 g/mol. The Balaban J connectivity index is 1.56. The number of amides is 1. The maximum atomic E-state index is 12.8. The molecule has 122 valence electrons. The van der Waals surface area contributed by atoms with Crippen LogP contribution in [0.3, 0.4) is 0 Å². The molecule has 2 aromatic rings. The lowest BCUT2D eigenvalue weighted by atomic mass is 9.92. The molecule has 2 aromatic carbocycles. The van der Waals surface area contributed by atoms with Gasteiger partial charge in [0.15, 0.2) is 6.10 Å². The van der Waals surface area contributed by atoms with Crippen molar-refractivity contribution in [1.82, 2.24) is 4.90 Å². The summed E-state index contributed by atoms with van der Waals surface area (Å²) in [6.45, 7) is 5.33. The minimum atomic E-state index is -0.0339. The van der Waals surface area contributed by atoms with E-state index in [0.717, 1.165) is 22.4 Å². The fraction of sp³-hybridized carbons (Fsp3) is 0.300. The summed E-state index contributed by atoms with van der Waals surface area (Å²) in [6.07, 6.45) is -0.0339. The zero-order valence-corrected chi connectivity index (χ0v) is 13.9. The topological polar surface area (TPSA) is 41.9 Å². The third kappa shape index (κ3) is 2.48. The summed E-state index contributed by atoms with van der Waals surface area (Å²) in [5.74, 6) is 0.223. The van der Waals surface area contributed by atoms with E-state index in [4.69, 9.17) is 4.84 Å². The van der Waals surface area contributed by atoms with E-state index in [1.165, 1.54) is 5.56 Å². The molecule has 1 saturated heterocycles. The van der Waals surface area contributed by atoms with Gasteiger partial charge in [-0.05, 0) is 31.5 Å². The first kappa shape index (κ1) is 14.9. The van der Waals surface area contributed by atoms with Crippen molar-refractivity contribution in [1.29, 1.82) is 0 Å². The molecule has 2 aliphatic rings. The van der Waals surface area contributed by atoms with Gasteiger partial charge in [0.2, 0.25) is 0 Å². The largest absolute Gasteiger partial charge is 0.390 e. The maximum absolute atomic E-state index is 12.8. The Hall–Kier alpha value is -2.62. The highest BCUT2D eigenvalue weighted by atomic mass is 16.6. The van der Waals surface area contributed by atoms with Crippen molar-refractivity contribution >= 4 is 11.6 Å². The predicted molar refractivity (Wildman–Crippen MR) is 93.2 cm³/mol. The minimum Gasteiger partial charge on any atom is -0.390 e. The van der Waals surface area contributed by atoms with E-state index < -0.39 is 0 Å². The summed E-state index contributed by atoms with van der Waals surface area (Å²) in [4.78, 5) is 20.3. The molecular formula is C20H20N2O2. The first-order chi connectivity index (χ1) is 11.6. The Bertz CT molecular complexity index is 828. The van der Waals surface area contributed by atoms with Crippen LogP contribution < -0.4 is 0 Å². The molecule has 2 heterocycles. The van der Waals surface area contributed by atoms with Gasteiger partial charge in [0.05, 0.1) is 18.2 Å². The van der Waals surface area contributed by atoms with Crippen molar-refractivity contribution < 1.29 is 9.63 Å². The molecule has 24 heavy (non-hydrogen) atoms. The highest BCUT2D eigenvalue weighted by Crippen LogP contribution is 2.31. The van der Waals surface area contributed by atoms with Crippen molar-refractivity contribution in [2.45, 2.75) is 20.0 Å². The number of oxime groups is 1. The average molecular weight is 320 g/mol. The lowest BCUT2D eigenvalue weighted by Crippen LogP contribution is -2.30. The van der Waals surface area contributed by atoms with Crippen molar-refractivity contribution in [3.05, 3.63) is 70.8 Å². The Morgan fingerprint density at radius 1 is 1.12 bits per heavy atom. The van der Waals surface area contributed by atoms with E-state index in [-0.39, 0.29) is 17.9 Å². The molecule has 0 N–H and O–H groups in total. The summed E-state index contributed by atoms with van der Waals surface area (Å²) in [5.41, 5.74) is 5.11. The summed E-state index contributed by atoms with van der Waals surface area (Å²) >= 11 is 0. The first-order valence-corrected chi connectivity index (χ1v) is 8.29. The fourth-order valence-corrected chi connectivity index (χ4v) is 3.57. The van der Waals surface area contributed by atoms with Crippen LogP contribution in [0.15, 0.2) is 53.7 Å². The molecule has 0 saturated carbocycles. The van der Waals surface area contributed by atoms with E-state index in [2.05, 4.69) is 24.2 Å². The third-order valence-corrected chi connectivity index (χ3v) is 4.88. The standard InChI is InChI=1S/C20H20N2O2/c1-13-6-5-8-15(10-13)20(23)22-11-17-18(12-22)24-21-19(17)16-9-4-3-7-14(16)2/h3-10,17-18H,11-12H2,1-2H3. The molecule has 2 atom stereocenters. The van der Waals surface area contributed by atoms with Crippen molar-refractivity contribution in [3.8, 4) is 0 Å². The van der Waals surface area contributed by atoms with Gasteiger partial charge < -0.3 is 9.74 Å². The van der Waals surface area contributed by atoms with Gasteiger partial charge in [0, 0.05) is 17.7 Å². The smallest absolute Gasteiger partial charge is 0.254 e. The molecule has 4 rings (SSSR count). The highest BCUT2D eigenvalue weighted by Gasteiger charge is 2.44. The average Bonchev–Trinajstić information content (AvgIpc) is 3.15. The van der Waals surface area contributed by atoms with Gasteiger partial charge in [-0.2, -0.15) is 0 Å². The van der Waals surface area contributed by atoms with E-state index in [1.807, 2.05) is 48.2 Å². The van der Waals surface area contributed by atoms with Crippen LogP contribution in [0.1, 0.15) is 27.0 Å². The lowest BCUT2D eigenvalue weighted by molar-refractivity contribution is 0.0631. The van der Waals surface area contributed by atoms with Crippen LogP contribution in [0.2, 0.25) is 0 Å². The van der Waals surface area contributed by atoms with Gasteiger partial charge in [-0.3, -0.25) is 4.79 Å². The second-order valence-corrected chi connectivity index (χ2v) is 6.62. The monoisotopic (exact) mass is 320 g/mol. The Morgan fingerprint density at radius 3 is 2.75 bits per heavy atom. The Labute approximate surface area is 141 Å². The molecule has 0 bridgehead atoms. The molecule has 2 unspecified atom stereocenters. The second-order valence-electron chi connectivity index (χ2n) is 6.62. The van der Waals surface area contributed by atoms with E-state index in [0.29, 0.717) is 13.1 Å². The lowest BCUT2D eigenvalue weighted by Gasteiger charge is -2.17. The fourth-order valence-electron chi connectivity index (χ4n) is 3.57.